The van der Waals surface area contributed by atoms with E-state index in [1.807, 2.05) is 18.2 Å². The van der Waals surface area contributed by atoms with Gasteiger partial charge < -0.3 is 10.2 Å². The predicted molar refractivity (Wildman–Crippen MR) is 71.7 cm³/mol. The molecule has 0 aliphatic carbocycles. The van der Waals surface area contributed by atoms with Gasteiger partial charge in [-0.15, -0.1) is 0 Å². The van der Waals surface area contributed by atoms with Crippen LogP contribution in [0.3, 0.4) is 0 Å². The molecule has 0 unspecified atom stereocenters. The smallest absolute Gasteiger partial charge is 0.244 e. The van der Waals surface area contributed by atoms with Crippen molar-refractivity contribution in [2.75, 3.05) is 31.6 Å². The van der Waals surface area contributed by atoms with Gasteiger partial charge in [-0.05, 0) is 25.1 Å². The van der Waals surface area contributed by atoms with Gasteiger partial charge in [0.15, 0.2) is 0 Å². The summed E-state index contributed by atoms with van der Waals surface area (Å²) < 4.78 is 0. The number of rotatable bonds is 8. The van der Waals surface area contributed by atoms with Crippen LogP contribution in [0.1, 0.15) is 12.8 Å². The van der Waals surface area contributed by atoms with Crippen LogP contribution < -0.4 is 15.7 Å². The molecule has 5 nitrogen and oxygen atoms in total. The number of benzene rings is 1. The molecule has 0 aromatic heterocycles. The maximum absolute atomic E-state index is 10.7. The minimum absolute atomic E-state index is 0.297. The van der Waals surface area contributed by atoms with Crippen molar-refractivity contribution in [3.8, 4) is 0 Å². The molecular formula is C13H21N3O2. The van der Waals surface area contributed by atoms with Crippen LogP contribution in [-0.4, -0.2) is 37.8 Å². The second-order valence-corrected chi connectivity index (χ2v) is 4.15. The fraction of sp³-hybridized carbons (Fsp3) is 0.462. The summed E-state index contributed by atoms with van der Waals surface area (Å²) in [6.07, 6.45) is 1.30. The Bertz CT molecular complexity index is 343. The first-order valence-corrected chi connectivity index (χ1v) is 6.14. The molecule has 0 radical (unpaired) electrons. The molecule has 1 aromatic rings. The summed E-state index contributed by atoms with van der Waals surface area (Å²) in [7, 11) is 2.06. The van der Waals surface area contributed by atoms with Crippen molar-refractivity contribution in [1.29, 1.82) is 0 Å². The molecule has 0 bridgehead atoms. The quantitative estimate of drug-likeness (QED) is 0.366. The molecule has 0 aliphatic heterocycles. The van der Waals surface area contributed by atoms with Crippen molar-refractivity contribution in [2.45, 2.75) is 12.8 Å². The summed E-state index contributed by atoms with van der Waals surface area (Å²) in [5, 5.41) is 11.5. The van der Waals surface area contributed by atoms with E-state index in [2.05, 4.69) is 29.4 Å². The Balaban J connectivity index is 2.06. The fourth-order valence-electron chi connectivity index (χ4n) is 1.64. The van der Waals surface area contributed by atoms with E-state index in [1.165, 1.54) is 5.69 Å². The average Bonchev–Trinajstić information content (AvgIpc) is 2.43. The van der Waals surface area contributed by atoms with Crippen LogP contribution in [0.25, 0.3) is 0 Å². The van der Waals surface area contributed by atoms with Gasteiger partial charge in [-0.2, -0.15) is 0 Å². The third kappa shape index (κ3) is 5.65. The minimum atomic E-state index is -0.357. The van der Waals surface area contributed by atoms with Crippen LogP contribution in [0.2, 0.25) is 0 Å². The van der Waals surface area contributed by atoms with Gasteiger partial charge >= 0.3 is 0 Å². The van der Waals surface area contributed by atoms with Gasteiger partial charge in [0.05, 0.1) is 0 Å². The monoisotopic (exact) mass is 251 g/mol. The maximum atomic E-state index is 10.7. The van der Waals surface area contributed by atoms with Crippen molar-refractivity contribution in [3.63, 3.8) is 0 Å². The lowest BCUT2D eigenvalue weighted by molar-refractivity contribution is -0.129. The SMILES string of the molecule is CN(CCCNCCC(=O)NO)c1ccccc1. The van der Waals surface area contributed by atoms with E-state index in [9.17, 15) is 4.79 Å². The van der Waals surface area contributed by atoms with Gasteiger partial charge in [0.2, 0.25) is 5.91 Å². The molecule has 0 heterocycles. The second kappa shape index (κ2) is 8.49. The number of hydroxylamine groups is 1. The van der Waals surface area contributed by atoms with E-state index >= 15 is 0 Å². The third-order valence-corrected chi connectivity index (χ3v) is 2.70. The number of nitrogens with zero attached hydrogens (tertiary/aromatic N) is 1. The highest BCUT2D eigenvalue weighted by molar-refractivity contribution is 5.74. The Morgan fingerprint density at radius 2 is 2.00 bits per heavy atom. The molecule has 100 valence electrons. The van der Waals surface area contributed by atoms with Crippen molar-refractivity contribution in [3.05, 3.63) is 30.3 Å². The van der Waals surface area contributed by atoms with Crippen molar-refractivity contribution in [2.24, 2.45) is 0 Å². The van der Waals surface area contributed by atoms with Gasteiger partial charge in [-0.3, -0.25) is 10.0 Å². The maximum Gasteiger partial charge on any atom is 0.244 e. The third-order valence-electron chi connectivity index (χ3n) is 2.70. The first kappa shape index (κ1) is 14.5. The van der Waals surface area contributed by atoms with E-state index < -0.39 is 0 Å². The molecule has 0 aliphatic rings. The number of hydrogen-bond acceptors (Lipinski definition) is 4. The molecule has 0 fully saturated rings. The molecule has 0 saturated carbocycles. The first-order valence-electron chi connectivity index (χ1n) is 6.14. The van der Waals surface area contributed by atoms with Crippen LogP contribution in [-0.2, 0) is 4.79 Å². The lowest BCUT2D eigenvalue weighted by Gasteiger charge is -2.19. The van der Waals surface area contributed by atoms with Gasteiger partial charge in [0.1, 0.15) is 0 Å². The average molecular weight is 251 g/mol. The van der Waals surface area contributed by atoms with Crippen LogP contribution >= 0.6 is 0 Å². The van der Waals surface area contributed by atoms with Gasteiger partial charge in [-0.25, -0.2) is 5.48 Å². The van der Waals surface area contributed by atoms with Crippen LogP contribution in [0.15, 0.2) is 30.3 Å². The Morgan fingerprint density at radius 3 is 2.67 bits per heavy atom. The van der Waals surface area contributed by atoms with Gasteiger partial charge in [0, 0.05) is 32.2 Å². The topological polar surface area (TPSA) is 64.6 Å². The zero-order valence-corrected chi connectivity index (χ0v) is 10.7. The molecule has 0 spiro atoms. The lowest BCUT2D eigenvalue weighted by Crippen LogP contribution is -2.27. The summed E-state index contributed by atoms with van der Waals surface area (Å²) in [5.74, 6) is -0.357. The normalized spacial score (nSPS) is 10.1. The number of para-hydroxylation sites is 1. The largest absolute Gasteiger partial charge is 0.375 e. The lowest BCUT2D eigenvalue weighted by atomic mass is 10.3. The summed E-state index contributed by atoms with van der Waals surface area (Å²) in [4.78, 5) is 12.9. The van der Waals surface area contributed by atoms with Gasteiger partial charge in [0.25, 0.3) is 0 Å². The summed E-state index contributed by atoms with van der Waals surface area (Å²) in [6.45, 7) is 2.40. The first-order chi connectivity index (χ1) is 8.74. The minimum Gasteiger partial charge on any atom is -0.375 e. The van der Waals surface area contributed by atoms with E-state index in [0.717, 1.165) is 19.5 Å². The Labute approximate surface area is 108 Å². The summed E-state index contributed by atoms with van der Waals surface area (Å²) in [6, 6.07) is 10.2. The van der Waals surface area contributed by atoms with Crippen LogP contribution in [0.5, 0.6) is 0 Å². The molecule has 1 amide bonds. The number of hydrogen-bond donors (Lipinski definition) is 3. The molecule has 0 atom stereocenters. The standard InChI is InChI=1S/C13H21N3O2/c1-16(12-6-3-2-4-7-12)11-5-9-14-10-8-13(17)15-18/h2-4,6-7,14,18H,5,8-11H2,1H3,(H,15,17). The molecular weight excluding hydrogens is 230 g/mol. The molecule has 0 saturated heterocycles. The Kier molecular flexibility index (Phi) is 6.83. The van der Waals surface area contributed by atoms with Gasteiger partial charge in [-0.1, -0.05) is 18.2 Å². The number of nitrogens with one attached hydrogen (secondary N) is 2. The zero-order chi connectivity index (χ0) is 13.2. The Morgan fingerprint density at radius 1 is 1.28 bits per heavy atom. The molecule has 18 heavy (non-hydrogen) atoms. The molecule has 5 heteroatoms. The van der Waals surface area contributed by atoms with E-state index in [0.29, 0.717) is 13.0 Å². The predicted octanol–water partition coefficient (Wildman–Crippen LogP) is 0.998. The Hall–Kier alpha value is -1.59. The molecule has 1 rings (SSSR count). The highest BCUT2D eigenvalue weighted by atomic mass is 16.5. The van der Waals surface area contributed by atoms with Crippen molar-refractivity contribution >= 4 is 11.6 Å². The number of carbonyl (C=O) groups is 1. The highest BCUT2D eigenvalue weighted by Crippen LogP contribution is 2.10. The van der Waals surface area contributed by atoms with Crippen LogP contribution in [0.4, 0.5) is 5.69 Å². The van der Waals surface area contributed by atoms with Crippen molar-refractivity contribution < 1.29 is 10.0 Å². The zero-order valence-electron chi connectivity index (χ0n) is 10.7. The second-order valence-electron chi connectivity index (χ2n) is 4.15. The molecule has 3 N–H and O–H groups in total. The molecule has 1 aromatic carbocycles. The van der Waals surface area contributed by atoms with E-state index in [1.54, 1.807) is 5.48 Å². The van der Waals surface area contributed by atoms with E-state index in [4.69, 9.17) is 5.21 Å². The number of carbonyl (C=O) groups excluding carboxylic acids is 1. The fourth-order valence-corrected chi connectivity index (χ4v) is 1.64. The summed E-state index contributed by atoms with van der Waals surface area (Å²) in [5.41, 5.74) is 2.81. The van der Waals surface area contributed by atoms with Crippen molar-refractivity contribution in [1.82, 2.24) is 10.8 Å². The van der Waals surface area contributed by atoms with E-state index in [-0.39, 0.29) is 5.91 Å². The summed E-state index contributed by atoms with van der Waals surface area (Å²) >= 11 is 0. The van der Waals surface area contributed by atoms with Crippen LogP contribution in [0, 0.1) is 0 Å². The number of anilines is 1. The highest BCUT2D eigenvalue weighted by Gasteiger charge is 2.00. The number of amides is 1.